The Balaban J connectivity index is 2.61. The van der Waals surface area contributed by atoms with E-state index in [4.69, 9.17) is 9.84 Å². The highest BCUT2D eigenvalue weighted by Crippen LogP contribution is 2.16. The van der Waals surface area contributed by atoms with Crippen molar-refractivity contribution in [3.05, 3.63) is 12.2 Å². The fourth-order valence-corrected chi connectivity index (χ4v) is 1.43. The first-order valence-electron chi connectivity index (χ1n) is 5.19. The molecule has 1 amide bonds. The van der Waals surface area contributed by atoms with Crippen molar-refractivity contribution < 1.29 is 14.6 Å². The van der Waals surface area contributed by atoms with Crippen molar-refractivity contribution in [3.8, 4) is 0 Å². The second-order valence-corrected chi connectivity index (χ2v) is 4.68. The van der Waals surface area contributed by atoms with Crippen LogP contribution >= 0.6 is 0 Å². The molecule has 1 atom stereocenters. The lowest BCUT2D eigenvalue weighted by Crippen LogP contribution is -2.46. The van der Waals surface area contributed by atoms with Gasteiger partial charge in [0.2, 0.25) is 0 Å². The van der Waals surface area contributed by atoms with Crippen LogP contribution in [0.25, 0.3) is 0 Å². The van der Waals surface area contributed by atoms with E-state index in [1.807, 2.05) is 32.9 Å². The normalized spacial score (nSPS) is 21.6. The maximum atomic E-state index is 11.7. The van der Waals surface area contributed by atoms with Gasteiger partial charge in [-0.3, -0.25) is 4.90 Å². The molecule has 1 aliphatic rings. The Bertz CT molecular complexity index is 255. The molecule has 0 aromatic carbocycles. The first-order valence-corrected chi connectivity index (χ1v) is 5.19. The predicted molar refractivity (Wildman–Crippen MR) is 57.6 cm³/mol. The summed E-state index contributed by atoms with van der Waals surface area (Å²) in [7, 11) is 0. The van der Waals surface area contributed by atoms with Gasteiger partial charge in [-0.25, -0.2) is 4.79 Å². The van der Waals surface area contributed by atoms with Crippen molar-refractivity contribution in [1.29, 1.82) is 0 Å². The summed E-state index contributed by atoms with van der Waals surface area (Å²) < 4.78 is 5.25. The van der Waals surface area contributed by atoms with Crippen LogP contribution in [0.15, 0.2) is 12.2 Å². The third-order valence-corrected chi connectivity index (χ3v) is 2.16. The molecule has 1 aliphatic heterocycles. The molecule has 4 nitrogen and oxygen atoms in total. The quantitative estimate of drug-likeness (QED) is 0.672. The molecule has 0 aliphatic carbocycles. The zero-order valence-electron chi connectivity index (χ0n) is 9.56. The van der Waals surface area contributed by atoms with E-state index in [9.17, 15) is 4.79 Å². The molecular weight excluding hydrogens is 194 g/mol. The number of carbonyl (C=O) groups is 1. The van der Waals surface area contributed by atoms with Gasteiger partial charge in [0.15, 0.2) is 0 Å². The Morgan fingerprint density at radius 1 is 1.53 bits per heavy atom. The number of hydrogen-bond donors (Lipinski definition) is 1. The van der Waals surface area contributed by atoms with E-state index in [1.165, 1.54) is 0 Å². The van der Waals surface area contributed by atoms with Gasteiger partial charge in [0.25, 0.3) is 0 Å². The summed E-state index contributed by atoms with van der Waals surface area (Å²) in [6, 6.07) is -0.148. The molecule has 0 radical (unpaired) electrons. The van der Waals surface area contributed by atoms with Crippen LogP contribution in [0, 0.1) is 0 Å². The minimum Gasteiger partial charge on any atom is -0.444 e. The molecule has 1 heterocycles. The second kappa shape index (κ2) is 4.66. The van der Waals surface area contributed by atoms with Crippen molar-refractivity contribution in [2.75, 3.05) is 13.2 Å². The SMILES string of the molecule is CC(C)(C)OC(=O)N1CC=CC[C@@H]1CO. The first kappa shape index (κ1) is 12.0. The molecule has 15 heavy (non-hydrogen) atoms. The number of amides is 1. The first-order chi connectivity index (χ1) is 6.94. The molecule has 0 unspecified atom stereocenters. The van der Waals surface area contributed by atoms with Crippen LogP contribution in [0.1, 0.15) is 27.2 Å². The molecule has 1 rings (SSSR count). The third-order valence-electron chi connectivity index (χ3n) is 2.16. The van der Waals surface area contributed by atoms with E-state index in [-0.39, 0.29) is 18.7 Å². The predicted octanol–water partition coefficient (Wildman–Crippen LogP) is 1.54. The Morgan fingerprint density at radius 2 is 2.20 bits per heavy atom. The van der Waals surface area contributed by atoms with Gasteiger partial charge in [-0.05, 0) is 27.2 Å². The van der Waals surface area contributed by atoms with Crippen molar-refractivity contribution >= 4 is 6.09 Å². The van der Waals surface area contributed by atoms with Gasteiger partial charge in [0, 0.05) is 6.54 Å². The zero-order chi connectivity index (χ0) is 11.5. The highest BCUT2D eigenvalue weighted by Gasteiger charge is 2.27. The molecule has 0 spiro atoms. The molecule has 0 saturated heterocycles. The van der Waals surface area contributed by atoms with Crippen LogP contribution in [0.2, 0.25) is 0 Å². The van der Waals surface area contributed by atoms with Crippen LogP contribution < -0.4 is 0 Å². The third kappa shape index (κ3) is 3.55. The fourth-order valence-electron chi connectivity index (χ4n) is 1.43. The molecule has 4 heteroatoms. The smallest absolute Gasteiger partial charge is 0.410 e. The molecule has 86 valence electrons. The van der Waals surface area contributed by atoms with E-state index in [1.54, 1.807) is 4.90 Å². The molecule has 0 fully saturated rings. The van der Waals surface area contributed by atoms with Gasteiger partial charge in [-0.2, -0.15) is 0 Å². The summed E-state index contributed by atoms with van der Waals surface area (Å²) in [5, 5.41) is 9.13. The number of aliphatic hydroxyl groups is 1. The standard InChI is InChI=1S/C11H19NO3/c1-11(2,3)15-10(14)12-7-5-4-6-9(12)8-13/h4-5,9,13H,6-8H2,1-3H3/t9-/m1/s1. The van der Waals surface area contributed by atoms with Crippen LogP contribution in [0.4, 0.5) is 4.79 Å². The molecule has 0 aromatic heterocycles. The Hall–Kier alpha value is -1.03. The minimum atomic E-state index is -0.488. The van der Waals surface area contributed by atoms with Gasteiger partial charge in [-0.1, -0.05) is 12.2 Å². The van der Waals surface area contributed by atoms with Crippen molar-refractivity contribution in [3.63, 3.8) is 0 Å². The van der Waals surface area contributed by atoms with Crippen molar-refractivity contribution in [2.45, 2.75) is 38.8 Å². The number of nitrogens with zero attached hydrogens (tertiary/aromatic N) is 1. The lowest BCUT2D eigenvalue weighted by atomic mass is 10.1. The Labute approximate surface area is 90.5 Å². The molecule has 0 bridgehead atoms. The number of hydrogen-bond acceptors (Lipinski definition) is 3. The van der Waals surface area contributed by atoms with Crippen LogP contribution in [0.3, 0.4) is 0 Å². The summed E-state index contributed by atoms with van der Waals surface area (Å²) in [6.45, 7) is 5.99. The summed E-state index contributed by atoms with van der Waals surface area (Å²) in [6.07, 6.45) is 4.22. The molecule has 0 saturated carbocycles. The van der Waals surface area contributed by atoms with Crippen LogP contribution in [0.5, 0.6) is 0 Å². The molecule has 0 aromatic rings. The number of ether oxygens (including phenoxy) is 1. The van der Waals surface area contributed by atoms with E-state index in [0.29, 0.717) is 13.0 Å². The number of rotatable bonds is 1. The highest BCUT2D eigenvalue weighted by molar-refractivity contribution is 5.69. The van der Waals surface area contributed by atoms with Crippen LogP contribution in [-0.2, 0) is 4.74 Å². The number of aliphatic hydroxyl groups excluding tert-OH is 1. The van der Waals surface area contributed by atoms with E-state index >= 15 is 0 Å². The van der Waals surface area contributed by atoms with Gasteiger partial charge in [-0.15, -0.1) is 0 Å². The topological polar surface area (TPSA) is 49.8 Å². The zero-order valence-corrected chi connectivity index (χ0v) is 9.56. The second-order valence-electron chi connectivity index (χ2n) is 4.68. The summed E-state index contributed by atoms with van der Waals surface area (Å²) >= 11 is 0. The Kier molecular flexibility index (Phi) is 3.74. The fraction of sp³-hybridized carbons (Fsp3) is 0.727. The van der Waals surface area contributed by atoms with Crippen LogP contribution in [-0.4, -0.2) is 40.9 Å². The van der Waals surface area contributed by atoms with Crippen molar-refractivity contribution in [1.82, 2.24) is 4.90 Å². The number of carbonyl (C=O) groups excluding carboxylic acids is 1. The van der Waals surface area contributed by atoms with E-state index < -0.39 is 5.60 Å². The maximum Gasteiger partial charge on any atom is 0.410 e. The van der Waals surface area contributed by atoms with Gasteiger partial charge >= 0.3 is 6.09 Å². The maximum absolute atomic E-state index is 11.7. The lowest BCUT2D eigenvalue weighted by molar-refractivity contribution is 0.0114. The van der Waals surface area contributed by atoms with Crippen molar-refractivity contribution in [2.24, 2.45) is 0 Å². The van der Waals surface area contributed by atoms with E-state index in [2.05, 4.69) is 0 Å². The van der Waals surface area contributed by atoms with Gasteiger partial charge in [0.1, 0.15) is 5.60 Å². The lowest BCUT2D eigenvalue weighted by Gasteiger charge is -2.33. The van der Waals surface area contributed by atoms with Gasteiger partial charge < -0.3 is 9.84 Å². The average molecular weight is 213 g/mol. The minimum absolute atomic E-state index is 0.0242. The summed E-state index contributed by atoms with van der Waals surface area (Å²) in [5.74, 6) is 0. The molecule has 1 N–H and O–H groups in total. The molecular formula is C11H19NO3. The largest absolute Gasteiger partial charge is 0.444 e. The van der Waals surface area contributed by atoms with E-state index in [0.717, 1.165) is 0 Å². The summed E-state index contributed by atoms with van der Waals surface area (Å²) in [4.78, 5) is 13.3. The van der Waals surface area contributed by atoms with Gasteiger partial charge in [0.05, 0.1) is 12.6 Å². The Morgan fingerprint density at radius 3 is 2.73 bits per heavy atom. The average Bonchev–Trinajstić information content (AvgIpc) is 2.15. The highest BCUT2D eigenvalue weighted by atomic mass is 16.6. The monoisotopic (exact) mass is 213 g/mol. The summed E-state index contributed by atoms with van der Waals surface area (Å²) in [5.41, 5.74) is -0.488.